The summed E-state index contributed by atoms with van der Waals surface area (Å²) in [5.41, 5.74) is 1.55. The molecule has 1 N–H and O–H groups in total. The molecular formula is C11H18N2. The van der Waals surface area contributed by atoms with Gasteiger partial charge in [0.05, 0.1) is 0 Å². The summed E-state index contributed by atoms with van der Waals surface area (Å²) in [5, 5.41) is 3.45. The first-order chi connectivity index (χ1) is 6.08. The Morgan fingerprint density at radius 1 is 1.23 bits per heavy atom. The van der Waals surface area contributed by atoms with Crippen molar-refractivity contribution < 1.29 is 0 Å². The lowest BCUT2D eigenvalue weighted by Gasteiger charge is -2.20. The van der Waals surface area contributed by atoms with Crippen LogP contribution in [-0.4, -0.2) is 17.1 Å². The molecule has 72 valence electrons. The molecule has 0 unspecified atom stereocenters. The number of pyridine rings is 1. The third kappa shape index (κ3) is 4.63. The Hall–Kier alpha value is -0.890. The molecule has 0 bridgehead atoms. The molecule has 0 aliphatic heterocycles. The van der Waals surface area contributed by atoms with E-state index in [4.69, 9.17) is 0 Å². The van der Waals surface area contributed by atoms with Crippen LogP contribution in [0.4, 0.5) is 0 Å². The van der Waals surface area contributed by atoms with Crippen LogP contribution >= 0.6 is 0 Å². The van der Waals surface area contributed by atoms with E-state index in [0.29, 0.717) is 0 Å². The molecule has 1 heterocycles. The fourth-order valence-corrected chi connectivity index (χ4v) is 1.13. The van der Waals surface area contributed by atoms with E-state index >= 15 is 0 Å². The zero-order valence-corrected chi connectivity index (χ0v) is 8.67. The summed E-state index contributed by atoms with van der Waals surface area (Å²) in [5.74, 6) is 0. The van der Waals surface area contributed by atoms with Crippen molar-refractivity contribution in [3.8, 4) is 0 Å². The van der Waals surface area contributed by atoms with Crippen molar-refractivity contribution in [1.82, 2.24) is 10.3 Å². The molecular weight excluding hydrogens is 160 g/mol. The Kier molecular flexibility index (Phi) is 3.43. The van der Waals surface area contributed by atoms with Gasteiger partial charge in [0, 0.05) is 17.9 Å². The van der Waals surface area contributed by atoms with E-state index in [1.807, 2.05) is 12.4 Å². The van der Waals surface area contributed by atoms with Crippen LogP contribution in [0.15, 0.2) is 24.5 Å². The van der Waals surface area contributed by atoms with Crippen LogP contribution in [0.25, 0.3) is 0 Å². The van der Waals surface area contributed by atoms with E-state index in [1.54, 1.807) is 0 Å². The van der Waals surface area contributed by atoms with Crippen molar-refractivity contribution in [1.29, 1.82) is 0 Å². The highest BCUT2D eigenvalue weighted by atomic mass is 14.9. The summed E-state index contributed by atoms with van der Waals surface area (Å²) in [6, 6.07) is 4.12. The summed E-state index contributed by atoms with van der Waals surface area (Å²) in [6.07, 6.45) is 4.75. The number of nitrogens with one attached hydrogen (secondary N) is 1. The zero-order chi connectivity index (χ0) is 9.73. The van der Waals surface area contributed by atoms with Gasteiger partial charge in [-0.25, -0.2) is 0 Å². The second-order valence-corrected chi connectivity index (χ2v) is 4.28. The third-order valence-electron chi connectivity index (χ3n) is 1.82. The second kappa shape index (κ2) is 4.38. The van der Waals surface area contributed by atoms with Crippen molar-refractivity contribution in [3.63, 3.8) is 0 Å². The Morgan fingerprint density at radius 2 is 1.85 bits per heavy atom. The van der Waals surface area contributed by atoms with Gasteiger partial charge in [0.1, 0.15) is 0 Å². The Bertz CT molecular complexity index is 236. The molecule has 1 aromatic heterocycles. The van der Waals surface area contributed by atoms with Crippen LogP contribution < -0.4 is 5.32 Å². The first kappa shape index (κ1) is 10.2. The summed E-state index contributed by atoms with van der Waals surface area (Å²) in [4.78, 5) is 3.98. The molecule has 0 saturated heterocycles. The second-order valence-electron chi connectivity index (χ2n) is 4.28. The van der Waals surface area contributed by atoms with Gasteiger partial charge in [0.2, 0.25) is 0 Å². The van der Waals surface area contributed by atoms with Crippen molar-refractivity contribution in [2.24, 2.45) is 0 Å². The molecule has 0 amide bonds. The van der Waals surface area contributed by atoms with E-state index in [1.165, 1.54) is 5.56 Å². The van der Waals surface area contributed by atoms with E-state index < -0.39 is 0 Å². The van der Waals surface area contributed by atoms with E-state index in [9.17, 15) is 0 Å². The molecule has 0 spiro atoms. The van der Waals surface area contributed by atoms with Gasteiger partial charge in [-0.05, 0) is 51.4 Å². The van der Waals surface area contributed by atoms with Crippen molar-refractivity contribution in [2.45, 2.75) is 32.7 Å². The fraction of sp³-hybridized carbons (Fsp3) is 0.545. The van der Waals surface area contributed by atoms with Crippen LogP contribution in [0.2, 0.25) is 0 Å². The maximum absolute atomic E-state index is 3.98. The minimum Gasteiger partial charge on any atom is -0.312 e. The molecule has 0 fully saturated rings. The van der Waals surface area contributed by atoms with E-state index in [2.05, 4.69) is 43.2 Å². The Morgan fingerprint density at radius 3 is 2.38 bits per heavy atom. The molecule has 0 radical (unpaired) electrons. The number of rotatable bonds is 3. The summed E-state index contributed by atoms with van der Waals surface area (Å²) in [6.45, 7) is 7.56. The standard InChI is InChI=1S/C11H18N2/c1-11(2,3)13-9-6-10-4-7-12-8-5-10/h4-5,7-8,13H,6,9H2,1-3H3. The maximum Gasteiger partial charge on any atom is 0.0270 e. The predicted molar refractivity (Wildman–Crippen MR) is 55.7 cm³/mol. The van der Waals surface area contributed by atoms with Crippen LogP contribution in [0.3, 0.4) is 0 Å². The zero-order valence-electron chi connectivity index (χ0n) is 8.67. The van der Waals surface area contributed by atoms with Gasteiger partial charge in [-0.3, -0.25) is 4.98 Å². The minimum atomic E-state index is 0.215. The van der Waals surface area contributed by atoms with Crippen molar-refractivity contribution in [3.05, 3.63) is 30.1 Å². The maximum atomic E-state index is 3.98. The highest BCUT2D eigenvalue weighted by Crippen LogP contribution is 2.00. The number of hydrogen-bond acceptors (Lipinski definition) is 2. The van der Waals surface area contributed by atoms with Gasteiger partial charge in [-0.15, -0.1) is 0 Å². The first-order valence-corrected chi connectivity index (χ1v) is 4.72. The fourth-order valence-electron chi connectivity index (χ4n) is 1.13. The number of nitrogens with zero attached hydrogens (tertiary/aromatic N) is 1. The molecule has 1 rings (SSSR count). The monoisotopic (exact) mass is 178 g/mol. The van der Waals surface area contributed by atoms with Crippen molar-refractivity contribution >= 4 is 0 Å². The molecule has 2 nitrogen and oxygen atoms in total. The topological polar surface area (TPSA) is 24.9 Å². The molecule has 13 heavy (non-hydrogen) atoms. The Balaban J connectivity index is 2.29. The first-order valence-electron chi connectivity index (χ1n) is 4.72. The number of hydrogen-bond donors (Lipinski definition) is 1. The highest BCUT2D eigenvalue weighted by Gasteiger charge is 2.07. The molecule has 0 saturated carbocycles. The lowest BCUT2D eigenvalue weighted by atomic mass is 10.1. The van der Waals surface area contributed by atoms with Gasteiger partial charge in [-0.1, -0.05) is 0 Å². The highest BCUT2D eigenvalue weighted by molar-refractivity contribution is 5.09. The SMILES string of the molecule is CC(C)(C)NCCc1ccncc1. The summed E-state index contributed by atoms with van der Waals surface area (Å²) >= 11 is 0. The quantitative estimate of drug-likeness (QED) is 0.766. The lowest BCUT2D eigenvalue weighted by Crippen LogP contribution is -2.37. The summed E-state index contributed by atoms with van der Waals surface area (Å²) < 4.78 is 0. The predicted octanol–water partition coefficient (Wildman–Crippen LogP) is 2.01. The average Bonchev–Trinajstić information content (AvgIpc) is 2.04. The van der Waals surface area contributed by atoms with Gasteiger partial charge in [-0.2, -0.15) is 0 Å². The molecule has 0 aromatic carbocycles. The van der Waals surface area contributed by atoms with E-state index in [0.717, 1.165) is 13.0 Å². The van der Waals surface area contributed by atoms with Crippen LogP contribution in [0, 0.1) is 0 Å². The average molecular weight is 178 g/mol. The van der Waals surface area contributed by atoms with Gasteiger partial charge >= 0.3 is 0 Å². The van der Waals surface area contributed by atoms with Crippen LogP contribution in [-0.2, 0) is 6.42 Å². The van der Waals surface area contributed by atoms with E-state index in [-0.39, 0.29) is 5.54 Å². The minimum absolute atomic E-state index is 0.215. The molecule has 1 aromatic rings. The van der Waals surface area contributed by atoms with Crippen LogP contribution in [0.1, 0.15) is 26.3 Å². The molecule has 0 aliphatic rings. The van der Waals surface area contributed by atoms with Gasteiger partial charge in [0.15, 0.2) is 0 Å². The van der Waals surface area contributed by atoms with Gasteiger partial charge in [0.25, 0.3) is 0 Å². The molecule has 2 heteroatoms. The molecule has 0 atom stereocenters. The van der Waals surface area contributed by atoms with Crippen LogP contribution in [0.5, 0.6) is 0 Å². The number of aromatic nitrogens is 1. The van der Waals surface area contributed by atoms with Crippen molar-refractivity contribution in [2.75, 3.05) is 6.54 Å². The largest absolute Gasteiger partial charge is 0.312 e. The van der Waals surface area contributed by atoms with Gasteiger partial charge < -0.3 is 5.32 Å². The third-order valence-corrected chi connectivity index (χ3v) is 1.82. The summed E-state index contributed by atoms with van der Waals surface area (Å²) in [7, 11) is 0. The smallest absolute Gasteiger partial charge is 0.0270 e. The molecule has 0 aliphatic carbocycles. The lowest BCUT2D eigenvalue weighted by molar-refractivity contribution is 0.429. The normalized spacial score (nSPS) is 11.6. The Labute approximate surface area is 80.4 Å².